The fourth-order valence-electron chi connectivity index (χ4n) is 1.99. The molecule has 112 valence electrons. The summed E-state index contributed by atoms with van der Waals surface area (Å²) in [6, 6.07) is 18.7. The Morgan fingerprint density at radius 3 is 2.57 bits per heavy atom. The smallest absolute Gasteiger partial charge is 0.127 e. The van der Waals surface area contributed by atoms with Crippen LogP contribution in [0.25, 0.3) is 0 Å². The van der Waals surface area contributed by atoms with Gasteiger partial charge in [0.15, 0.2) is 0 Å². The number of thioether (sulfide) groups is 1. The highest BCUT2D eigenvalue weighted by Gasteiger charge is 2.03. The molecule has 0 aliphatic rings. The molecule has 21 heavy (non-hydrogen) atoms. The summed E-state index contributed by atoms with van der Waals surface area (Å²) < 4.78 is 5.86. The van der Waals surface area contributed by atoms with Gasteiger partial charge in [-0.05, 0) is 42.5 Å². The molecule has 2 aromatic rings. The molecule has 0 amide bonds. The molecule has 0 aliphatic carbocycles. The molecule has 1 atom stereocenters. The van der Waals surface area contributed by atoms with Gasteiger partial charge in [-0.15, -0.1) is 0 Å². The normalized spacial score (nSPS) is 12.1. The zero-order chi connectivity index (χ0) is 14.9. The molecule has 0 saturated carbocycles. The van der Waals surface area contributed by atoms with E-state index < -0.39 is 0 Å². The minimum atomic E-state index is 0.522. The van der Waals surface area contributed by atoms with Crippen molar-refractivity contribution in [1.82, 2.24) is 5.32 Å². The van der Waals surface area contributed by atoms with E-state index in [9.17, 15) is 0 Å². The van der Waals surface area contributed by atoms with Crippen LogP contribution in [0, 0.1) is 0 Å². The minimum Gasteiger partial charge on any atom is -0.457 e. The fraction of sp³-hybridized carbons (Fsp3) is 0.333. The predicted molar refractivity (Wildman–Crippen MR) is 92.3 cm³/mol. The van der Waals surface area contributed by atoms with E-state index in [0.29, 0.717) is 6.04 Å². The van der Waals surface area contributed by atoms with Gasteiger partial charge in [-0.2, -0.15) is 11.8 Å². The van der Waals surface area contributed by atoms with Gasteiger partial charge in [-0.25, -0.2) is 0 Å². The summed E-state index contributed by atoms with van der Waals surface area (Å²) in [5.41, 5.74) is 1.25. The Balaban J connectivity index is 1.89. The van der Waals surface area contributed by atoms with E-state index in [1.54, 1.807) is 0 Å². The first kappa shape index (κ1) is 15.9. The Bertz CT molecular complexity index is 530. The maximum absolute atomic E-state index is 5.86. The zero-order valence-electron chi connectivity index (χ0n) is 12.7. The lowest BCUT2D eigenvalue weighted by Gasteiger charge is -2.13. The summed E-state index contributed by atoms with van der Waals surface area (Å²) in [7, 11) is 0. The second-order valence-electron chi connectivity index (χ2n) is 5.00. The van der Waals surface area contributed by atoms with Gasteiger partial charge < -0.3 is 10.1 Å². The second-order valence-corrected chi connectivity index (χ2v) is 6.32. The second kappa shape index (κ2) is 8.75. The van der Waals surface area contributed by atoms with Crippen LogP contribution in [0.2, 0.25) is 0 Å². The molecule has 0 heterocycles. The first-order valence-electron chi connectivity index (χ1n) is 7.41. The number of para-hydroxylation sites is 1. The van der Waals surface area contributed by atoms with Gasteiger partial charge in [0.1, 0.15) is 11.5 Å². The first-order valence-corrected chi connectivity index (χ1v) is 8.56. The summed E-state index contributed by atoms with van der Waals surface area (Å²) >= 11 is 1.97. The molecule has 1 N–H and O–H groups in total. The topological polar surface area (TPSA) is 21.3 Å². The molecule has 2 rings (SSSR count). The quantitative estimate of drug-likeness (QED) is 0.763. The summed E-state index contributed by atoms with van der Waals surface area (Å²) in [6.45, 7) is 5.30. The van der Waals surface area contributed by atoms with Gasteiger partial charge >= 0.3 is 0 Å². The number of benzene rings is 2. The van der Waals surface area contributed by atoms with Crippen LogP contribution in [0.4, 0.5) is 0 Å². The predicted octanol–water partition coefficient (Wildman–Crippen LogP) is 4.71. The number of hydrogen-bond donors (Lipinski definition) is 1. The average Bonchev–Trinajstić information content (AvgIpc) is 2.52. The van der Waals surface area contributed by atoms with Gasteiger partial charge in [0.05, 0.1) is 0 Å². The Morgan fingerprint density at radius 1 is 1.05 bits per heavy atom. The fourth-order valence-corrected chi connectivity index (χ4v) is 2.70. The van der Waals surface area contributed by atoms with Crippen LogP contribution < -0.4 is 10.1 Å². The Labute approximate surface area is 131 Å². The van der Waals surface area contributed by atoms with Crippen molar-refractivity contribution >= 4 is 11.8 Å². The van der Waals surface area contributed by atoms with Crippen molar-refractivity contribution in [2.45, 2.75) is 26.4 Å². The standard InChI is InChI=1S/C18H23NOS/c1-3-21-14-15(2)19-13-16-8-7-11-18(12-16)20-17-9-5-4-6-10-17/h4-12,15,19H,3,13-14H2,1-2H3. The molecular formula is C18H23NOS. The monoisotopic (exact) mass is 301 g/mol. The molecule has 3 heteroatoms. The van der Waals surface area contributed by atoms with E-state index in [0.717, 1.165) is 23.8 Å². The highest BCUT2D eigenvalue weighted by atomic mass is 32.2. The average molecular weight is 301 g/mol. The van der Waals surface area contributed by atoms with Crippen molar-refractivity contribution in [3.8, 4) is 11.5 Å². The van der Waals surface area contributed by atoms with E-state index in [4.69, 9.17) is 4.74 Å². The van der Waals surface area contributed by atoms with Crippen LogP contribution >= 0.6 is 11.8 Å². The van der Waals surface area contributed by atoms with Crippen molar-refractivity contribution < 1.29 is 4.74 Å². The number of hydrogen-bond acceptors (Lipinski definition) is 3. The third kappa shape index (κ3) is 5.82. The lowest BCUT2D eigenvalue weighted by atomic mass is 10.2. The van der Waals surface area contributed by atoms with Gasteiger partial charge in [0, 0.05) is 18.3 Å². The SMILES string of the molecule is CCSCC(C)NCc1cccc(Oc2ccccc2)c1. The Kier molecular flexibility index (Phi) is 6.64. The van der Waals surface area contributed by atoms with E-state index in [-0.39, 0.29) is 0 Å². The first-order chi connectivity index (χ1) is 10.3. The van der Waals surface area contributed by atoms with Crippen molar-refractivity contribution in [1.29, 1.82) is 0 Å². The van der Waals surface area contributed by atoms with Gasteiger partial charge in [-0.1, -0.05) is 37.3 Å². The molecule has 0 bridgehead atoms. The highest BCUT2D eigenvalue weighted by Crippen LogP contribution is 2.21. The molecule has 0 saturated heterocycles. The molecule has 2 nitrogen and oxygen atoms in total. The zero-order valence-corrected chi connectivity index (χ0v) is 13.5. The lowest BCUT2D eigenvalue weighted by molar-refractivity contribution is 0.481. The van der Waals surface area contributed by atoms with Crippen molar-refractivity contribution in [2.24, 2.45) is 0 Å². The molecule has 1 unspecified atom stereocenters. The van der Waals surface area contributed by atoms with Gasteiger partial charge in [0.2, 0.25) is 0 Å². The summed E-state index contributed by atoms with van der Waals surface area (Å²) in [4.78, 5) is 0. The third-order valence-electron chi connectivity index (χ3n) is 3.10. The van der Waals surface area contributed by atoms with Crippen LogP contribution in [-0.2, 0) is 6.54 Å². The molecule has 0 aliphatic heterocycles. The minimum absolute atomic E-state index is 0.522. The van der Waals surface area contributed by atoms with Crippen LogP contribution in [0.1, 0.15) is 19.4 Å². The summed E-state index contributed by atoms with van der Waals surface area (Å²) in [5.74, 6) is 4.08. The van der Waals surface area contributed by atoms with E-state index in [2.05, 4.69) is 31.3 Å². The Morgan fingerprint density at radius 2 is 1.81 bits per heavy atom. The summed E-state index contributed by atoms with van der Waals surface area (Å²) in [6.07, 6.45) is 0. The molecular weight excluding hydrogens is 278 g/mol. The van der Waals surface area contributed by atoms with Crippen LogP contribution in [-0.4, -0.2) is 17.5 Å². The van der Waals surface area contributed by atoms with Crippen molar-refractivity contribution in [3.05, 3.63) is 60.2 Å². The molecule has 0 aromatic heterocycles. The van der Waals surface area contributed by atoms with Gasteiger partial charge in [0.25, 0.3) is 0 Å². The number of ether oxygens (including phenoxy) is 1. The lowest BCUT2D eigenvalue weighted by Crippen LogP contribution is -2.27. The molecule has 0 fully saturated rings. The number of rotatable bonds is 8. The van der Waals surface area contributed by atoms with Crippen molar-refractivity contribution in [2.75, 3.05) is 11.5 Å². The third-order valence-corrected chi connectivity index (χ3v) is 4.25. The highest BCUT2D eigenvalue weighted by molar-refractivity contribution is 7.99. The number of nitrogens with one attached hydrogen (secondary N) is 1. The maximum Gasteiger partial charge on any atom is 0.127 e. The van der Waals surface area contributed by atoms with E-state index in [1.165, 1.54) is 11.3 Å². The molecule has 0 radical (unpaired) electrons. The molecule has 0 spiro atoms. The van der Waals surface area contributed by atoms with Crippen LogP contribution in [0.5, 0.6) is 11.5 Å². The van der Waals surface area contributed by atoms with Crippen molar-refractivity contribution in [3.63, 3.8) is 0 Å². The van der Waals surface area contributed by atoms with E-state index in [1.807, 2.05) is 54.2 Å². The maximum atomic E-state index is 5.86. The summed E-state index contributed by atoms with van der Waals surface area (Å²) in [5, 5.41) is 3.55. The largest absolute Gasteiger partial charge is 0.457 e. The van der Waals surface area contributed by atoms with E-state index >= 15 is 0 Å². The molecule has 2 aromatic carbocycles. The van der Waals surface area contributed by atoms with Crippen LogP contribution in [0.3, 0.4) is 0 Å². The van der Waals surface area contributed by atoms with Gasteiger partial charge in [-0.3, -0.25) is 0 Å². The Hall–Kier alpha value is -1.45. The van der Waals surface area contributed by atoms with Crippen LogP contribution in [0.15, 0.2) is 54.6 Å².